The molecule has 1 amide bonds. The van der Waals surface area contributed by atoms with E-state index in [-0.39, 0.29) is 6.54 Å². The van der Waals surface area contributed by atoms with E-state index < -0.39 is 12.0 Å². The summed E-state index contributed by atoms with van der Waals surface area (Å²) in [5, 5.41) is 12.4. The van der Waals surface area contributed by atoms with Crippen LogP contribution in [0.3, 0.4) is 0 Å². The first kappa shape index (κ1) is 14.7. The Labute approximate surface area is 108 Å². The molecule has 0 saturated carbocycles. The quantitative estimate of drug-likeness (QED) is 0.672. The van der Waals surface area contributed by atoms with Crippen LogP contribution in [0, 0.1) is 5.92 Å². The number of nitrogens with one attached hydrogen (secondary N) is 1. The molecule has 0 bridgehead atoms. The molecule has 0 saturated heterocycles. The molecule has 1 aromatic carbocycles. The van der Waals surface area contributed by atoms with Gasteiger partial charge in [0.25, 0.3) is 0 Å². The molecule has 2 unspecified atom stereocenters. The summed E-state index contributed by atoms with van der Waals surface area (Å²) in [7, 11) is 0. The van der Waals surface area contributed by atoms with Crippen LogP contribution in [0.5, 0.6) is 0 Å². The van der Waals surface area contributed by atoms with E-state index in [2.05, 4.69) is 31.3 Å². The number of aliphatic hydroxyl groups excluding tert-OH is 1. The minimum atomic E-state index is -1.12. The second-order valence-electron chi connectivity index (χ2n) is 4.84. The summed E-state index contributed by atoms with van der Waals surface area (Å²) in [6.45, 7) is 5.23. The van der Waals surface area contributed by atoms with E-state index in [0.717, 1.165) is 0 Å². The molecule has 0 fully saturated rings. The predicted molar refractivity (Wildman–Crippen MR) is 72.1 cm³/mol. The molecule has 0 spiro atoms. The van der Waals surface area contributed by atoms with Crippen molar-refractivity contribution < 1.29 is 9.90 Å². The van der Waals surface area contributed by atoms with Gasteiger partial charge in [-0.15, -0.1) is 0 Å². The number of primary amides is 1. The third kappa shape index (κ3) is 4.47. The summed E-state index contributed by atoms with van der Waals surface area (Å²) in [6, 6.07) is 10.2. The molecule has 4 nitrogen and oxygen atoms in total. The van der Waals surface area contributed by atoms with Gasteiger partial charge in [-0.05, 0) is 17.4 Å². The third-order valence-corrected chi connectivity index (χ3v) is 3.06. The Bertz CT molecular complexity index is 365. The minimum absolute atomic E-state index is 0.200. The Morgan fingerprint density at radius 3 is 2.39 bits per heavy atom. The van der Waals surface area contributed by atoms with Crippen molar-refractivity contribution in [1.82, 2.24) is 5.32 Å². The number of carbonyl (C=O) groups is 1. The normalized spacial score (nSPS) is 14.4. The number of hydrogen-bond donors (Lipinski definition) is 3. The highest BCUT2D eigenvalue weighted by molar-refractivity contribution is 5.78. The minimum Gasteiger partial charge on any atom is -0.382 e. The number of hydrogen-bond acceptors (Lipinski definition) is 3. The smallest absolute Gasteiger partial charge is 0.247 e. The summed E-state index contributed by atoms with van der Waals surface area (Å²) in [6.07, 6.45) is -1.12. The van der Waals surface area contributed by atoms with Gasteiger partial charge in [-0.2, -0.15) is 0 Å². The second kappa shape index (κ2) is 7.13. The molecular weight excluding hydrogens is 228 g/mol. The van der Waals surface area contributed by atoms with Gasteiger partial charge in [-0.1, -0.05) is 44.2 Å². The average Bonchev–Trinajstić information content (AvgIpc) is 2.34. The summed E-state index contributed by atoms with van der Waals surface area (Å²) >= 11 is 0. The molecule has 1 rings (SSSR count). The highest BCUT2D eigenvalue weighted by Crippen LogP contribution is 2.23. The van der Waals surface area contributed by atoms with Crippen LogP contribution in [0.2, 0.25) is 0 Å². The van der Waals surface area contributed by atoms with Crippen LogP contribution in [0.25, 0.3) is 0 Å². The zero-order valence-corrected chi connectivity index (χ0v) is 11.0. The summed E-state index contributed by atoms with van der Waals surface area (Å²) in [4.78, 5) is 10.7. The van der Waals surface area contributed by atoms with E-state index in [1.165, 1.54) is 5.56 Å². The Hall–Kier alpha value is -1.39. The SMILES string of the molecule is CC(C)C(CNCC(O)C(N)=O)c1ccccc1. The molecule has 0 radical (unpaired) electrons. The van der Waals surface area contributed by atoms with Crippen molar-refractivity contribution in [2.45, 2.75) is 25.9 Å². The molecule has 18 heavy (non-hydrogen) atoms. The number of rotatable bonds is 7. The average molecular weight is 250 g/mol. The summed E-state index contributed by atoms with van der Waals surface area (Å²) in [5.74, 6) is 0.139. The Morgan fingerprint density at radius 1 is 1.28 bits per heavy atom. The molecule has 4 N–H and O–H groups in total. The van der Waals surface area contributed by atoms with E-state index in [1.54, 1.807) is 0 Å². The number of aliphatic hydroxyl groups is 1. The van der Waals surface area contributed by atoms with Crippen molar-refractivity contribution in [3.8, 4) is 0 Å². The summed E-state index contributed by atoms with van der Waals surface area (Å²) < 4.78 is 0. The van der Waals surface area contributed by atoms with Crippen LogP contribution in [-0.4, -0.2) is 30.2 Å². The molecule has 0 aromatic heterocycles. The van der Waals surface area contributed by atoms with Crippen molar-refractivity contribution in [2.24, 2.45) is 11.7 Å². The van der Waals surface area contributed by atoms with E-state index in [1.807, 2.05) is 18.2 Å². The molecule has 0 aliphatic carbocycles. The fraction of sp³-hybridized carbons (Fsp3) is 0.500. The highest BCUT2D eigenvalue weighted by Gasteiger charge is 2.16. The molecular formula is C14H22N2O2. The summed E-state index contributed by atoms with van der Waals surface area (Å²) in [5.41, 5.74) is 6.25. The predicted octanol–water partition coefficient (Wildman–Crippen LogP) is 0.862. The van der Waals surface area contributed by atoms with Crippen LogP contribution in [-0.2, 0) is 4.79 Å². The van der Waals surface area contributed by atoms with Gasteiger partial charge in [-0.25, -0.2) is 0 Å². The van der Waals surface area contributed by atoms with Crippen LogP contribution in [0.4, 0.5) is 0 Å². The van der Waals surface area contributed by atoms with Crippen molar-refractivity contribution in [1.29, 1.82) is 0 Å². The van der Waals surface area contributed by atoms with Crippen LogP contribution in [0.1, 0.15) is 25.3 Å². The van der Waals surface area contributed by atoms with Crippen molar-refractivity contribution in [2.75, 3.05) is 13.1 Å². The van der Waals surface area contributed by atoms with Gasteiger partial charge < -0.3 is 16.2 Å². The first-order valence-corrected chi connectivity index (χ1v) is 6.25. The maximum atomic E-state index is 10.7. The van der Waals surface area contributed by atoms with E-state index in [0.29, 0.717) is 18.4 Å². The lowest BCUT2D eigenvalue weighted by Crippen LogP contribution is -2.39. The molecule has 4 heteroatoms. The van der Waals surface area contributed by atoms with Gasteiger partial charge >= 0.3 is 0 Å². The van der Waals surface area contributed by atoms with Gasteiger partial charge in [0.2, 0.25) is 5.91 Å². The lowest BCUT2D eigenvalue weighted by Gasteiger charge is -2.22. The third-order valence-electron chi connectivity index (χ3n) is 3.06. The number of benzene rings is 1. The molecule has 1 aromatic rings. The number of amides is 1. The van der Waals surface area contributed by atoms with E-state index in [4.69, 9.17) is 5.73 Å². The maximum Gasteiger partial charge on any atom is 0.247 e. The van der Waals surface area contributed by atoms with E-state index in [9.17, 15) is 9.90 Å². The van der Waals surface area contributed by atoms with Crippen molar-refractivity contribution in [3.05, 3.63) is 35.9 Å². The lowest BCUT2D eigenvalue weighted by molar-refractivity contribution is -0.125. The molecule has 100 valence electrons. The van der Waals surface area contributed by atoms with Crippen molar-refractivity contribution >= 4 is 5.91 Å². The topological polar surface area (TPSA) is 75.3 Å². The maximum absolute atomic E-state index is 10.7. The fourth-order valence-electron chi connectivity index (χ4n) is 1.91. The van der Waals surface area contributed by atoms with Crippen LogP contribution in [0.15, 0.2) is 30.3 Å². The number of nitrogens with two attached hydrogens (primary N) is 1. The van der Waals surface area contributed by atoms with Gasteiger partial charge in [0, 0.05) is 13.1 Å². The standard InChI is InChI=1S/C14H22N2O2/c1-10(2)12(11-6-4-3-5-7-11)8-16-9-13(17)14(15)18/h3-7,10,12-13,16-17H,8-9H2,1-2H3,(H2,15,18). The zero-order chi connectivity index (χ0) is 13.5. The largest absolute Gasteiger partial charge is 0.382 e. The Morgan fingerprint density at radius 2 is 1.89 bits per heavy atom. The monoisotopic (exact) mass is 250 g/mol. The molecule has 2 atom stereocenters. The zero-order valence-electron chi connectivity index (χ0n) is 11.0. The van der Waals surface area contributed by atoms with Gasteiger partial charge in [0.1, 0.15) is 6.10 Å². The molecule has 0 heterocycles. The van der Waals surface area contributed by atoms with Crippen molar-refractivity contribution in [3.63, 3.8) is 0 Å². The Balaban J connectivity index is 2.53. The van der Waals surface area contributed by atoms with Crippen LogP contribution >= 0.6 is 0 Å². The van der Waals surface area contributed by atoms with Gasteiger partial charge in [0.15, 0.2) is 0 Å². The van der Waals surface area contributed by atoms with Gasteiger partial charge in [-0.3, -0.25) is 4.79 Å². The number of carbonyl (C=O) groups excluding carboxylic acids is 1. The molecule has 0 aliphatic rings. The first-order chi connectivity index (χ1) is 8.52. The highest BCUT2D eigenvalue weighted by atomic mass is 16.3. The van der Waals surface area contributed by atoms with Gasteiger partial charge in [0.05, 0.1) is 0 Å². The Kier molecular flexibility index (Phi) is 5.82. The molecule has 0 aliphatic heterocycles. The van der Waals surface area contributed by atoms with E-state index >= 15 is 0 Å². The first-order valence-electron chi connectivity index (χ1n) is 6.25. The van der Waals surface area contributed by atoms with Crippen LogP contribution < -0.4 is 11.1 Å². The lowest BCUT2D eigenvalue weighted by atomic mass is 9.88. The fourth-order valence-corrected chi connectivity index (χ4v) is 1.91. The second-order valence-corrected chi connectivity index (χ2v) is 4.84.